The van der Waals surface area contributed by atoms with Gasteiger partial charge in [0.05, 0.1) is 31.0 Å². The molecule has 2 N–H and O–H groups in total. The maximum atomic E-state index is 13.0. The number of aromatic nitrogens is 4. The van der Waals surface area contributed by atoms with E-state index in [1.807, 2.05) is 10.6 Å². The Balaban J connectivity index is 1.63. The third-order valence-electron chi connectivity index (χ3n) is 4.09. The summed E-state index contributed by atoms with van der Waals surface area (Å²) in [6, 6.07) is 0.0402. The molecule has 23 heavy (non-hydrogen) atoms. The van der Waals surface area contributed by atoms with Crippen LogP contribution in [0.3, 0.4) is 0 Å². The molecule has 0 saturated carbocycles. The first-order valence-corrected chi connectivity index (χ1v) is 8.35. The molecule has 0 unspecified atom stereocenters. The zero-order valence-corrected chi connectivity index (χ0v) is 13.5. The molecule has 0 radical (unpaired) electrons. The minimum atomic E-state index is -0.338. The second-order valence-corrected chi connectivity index (χ2v) is 6.96. The van der Waals surface area contributed by atoms with Gasteiger partial charge in [-0.15, -0.1) is 11.3 Å². The average Bonchev–Trinajstić information content (AvgIpc) is 3.22. The lowest BCUT2D eigenvalue weighted by molar-refractivity contribution is 0.367. The van der Waals surface area contributed by atoms with Crippen molar-refractivity contribution in [2.75, 3.05) is 25.1 Å². The molecule has 2 atom stereocenters. The van der Waals surface area contributed by atoms with E-state index in [1.165, 1.54) is 4.88 Å². The van der Waals surface area contributed by atoms with E-state index in [1.54, 1.807) is 29.9 Å². The summed E-state index contributed by atoms with van der Waals surface area (Å²) >= 11 is 1.64. The summed E-state index contributed by atoms with van der Waals surface area (Å²) in [4.78, 5) is 15.4. The molecule has 4 heterocycles. The van der Waals surface area contributed by atoms with Gasteiger partial charge in [0.25, 0.3) is 0 Å². The number of anilines is 1. The standard InChI is InChI=1S/C15H17FN6S/c1-9-8-22-13(6-19-15(22)23-9)12-5-18-7-14(21-12)20-11-4-17-3-10(11)2-16/h5-8,10-11,17H,2-4H2,1H3,(H,20,21)/t10-,11+/m1/s1. The largest absolute Gasteiger partial charge is 0.364 e. The number of nitrogens with one attached hydrogen (secondary N) is 2. The van der Waals surface area contributed by atoms with E-state index in [4.69, 9.17) is 0 Å². The maximum absolute atomic E-state index is 13.0. The third-order valence-corrected chi connectivity index (χ3v) is 5.01. The van der Waals surface area contributed by atoms with E-state index in [0.29, 0.717) is 12.4 Å². The van der Waals surface area contributed by atoms with Crippen molar-refractivity contribution in [3.63, 3.8) is 0 Å². The molecule has 4 rings (SSSR count). The second kappa shape index (κ2) is 5.86. The molecule has 1 aliphatic heterocycles. The Labute approximate surface area is 136 Å². The number of alkyl halides is 1. The molecule has 0 aliphatic carbocycles. The maximum Gasteiger partial charge on any atom is 0.194 e. The van der Waals surface area contributed by atoms with E-state index in [2.05, 4.69) is 32.5 Å². The molecule has 6 nitrogen and oxygen atoms in total. The summed E-state index contributed by atoms with van der Waals surface area (Å²) < 4.78 is 15.0. The Morgan fingerprint density at radius 2 is 2.30 bits per heavy atom. The van der Waals surface area contributed by atoms with Gasteiger partial charge < -0.3 is 10.6 Å². The molecule has 1 saturated heterocycles. The smallest absolute Gasteiger partial charge is 0.194 e. The molecule has 0 spiro atoms. The van der Waals surface area contributed by atoms with Crippen LogP contribution in [0.15, 0.2) is 24.8 Å². The lowest BCUT2D eigenvalue weighted by Gasteiger charge is -2.17. The number of thiazole rings is 1. The molecule has 120 valence electrons. The van der Waals surface area contributed by atoms with Crippen LogP contribution in [0.5, 0.6) is 0 Å². The molecule has 0 aromatic carbocycles. The van der Waals surface area contributed by atoms with Crippen LogP contribution >= 0.6 is 11.3 Å². The summed E-state index contributed by atoms with van der Waals surface area (Å²) in [5.74, 6) is 0.637. The van der Waals surface area contributed by atoms with Crippen molar-refractivity contribution in [3.05, 3.63) is 29.7 Å². The summed E-state index contributed by atoms with van der Waals surface area (Å²) in [7, 11) is 0. The van der Waals surface area contributed by atoms with Crippen molar-refractivity contribution in [1.82, 2.24) is 24.7 Å². The fraction of sp³-hybridized carbons (Fsp3) is 0.400. The molecule has 3 aromatic rings. The molecule has 1 aliphatic rings. The molecule has 8 heteroatoms. The number of hydrogen-bond acceptors (Lipinski definition) is 6. The van der Waals surface area contributed by atoms with E-state index in [-0.39, 0.29) is 18.6 Å². The van der Waals surface area contributed by atoms with Crippen LogP contribution in [0.1, 0.15) is 4.88 Å². The summed E-state index contributed by atoms with van der Waals surface area (Å²) in [5.41, 5.74) is 1.66. The van der Waals surface area contributed by atoms with Crippen LogP contribution in [0.4, 0.5) is 10.2 Å². The van der Waals surface area contributed by atoms with Gasteiger partial charge in [0.2, 0.25) is 0 Å². The SMILES string of the molecule is Cc1cn2c(-c3cncc(N[C@H]4CNC[C@H]4CF)n3)cnc2s1. The fourth-order valence-corrected chi connectivity index (χ4v) is 3.70. The number of rotatable bonds is 4. The van der Waals surface area contributed by atoms with Gasteiger partial charge in [-0.25, -0.2) is 9.97 Å². The van der Waals surface area contributed by atoms with Crippen LogP contribution in [-0.2, 0) is 0 Å². The number of imidazole rings is 1. The molecule has 0 bridgehead atoms. The molecule has 0 amide bonds. The highest BCUT2D eigenvalue weighted by Crippen LogP contribution is 2.25. The quantitative estimate of drug-likeness (QED) is 0.766. The van der Waals surface area contributed by atoms with Crippen molar-refractivity contribution in [2.45, 2.75) is 13.0 Å². The predicted molar refractivity (Wildman–Crippen MR) is 88.6 cm³/mol. The number of aryl methyl sites for hydroxylation is 1. The number of hydrogen-bond donors (Lipinski definition) is 2. The zero-order chi connectivity index (χ0) is 15.8. The van der Waals surface area contributed by atoms with Gasteiger partial charge in [0, 0.05) is 36.1 Å². The van der Waals surface area contributed by atoms with E-state index < -0.39 is 0 Å². The Hall–Kier alpha value is -2.06. The average molecular weight is 332 g/mol. The highest BCUT2D eigenvalue weighted by atomic mass is 32.1. The third kappa shape index (κ3) is 2.68. The van der Waals surface area contributed by atoms with E-state index in [0.717, 1.165) is 22.9 Å². The van der Waals surface area contributed by atoms with Gasteiger partial charge >= 0.3 is 0 Å². The molecular formula is C15H17FN6S. The zero-order valence-electron chi connectivity index (χ0n) is 12.7. The Kier molecular flexibility index (Phi) is 3.70. The van der Waals surface area contributed by atoms with Crippen LogP contribution in [0.2, 0.25) is 0 Å². The topological polar surface area (TPSA) is 67.1 Å². The highest BCUT2D eigenvalue weighted by Gasteiger charge is 2.27. The van der Waals surface area contributed by atoms with E-state index >= 15 is 0 Å². The van der Waals surface area contributed by atoms with Gasteiger partial charge in [0.1, 0.15) is 11.5 Å². The van der Waals surface area contributed by atoms with Gasteiger partial charge in [0.15, 0.2) is 4.96 Å². The van der Waals surface area contributed by atoms with Crippen LogP contribution in [-0.4, -0.2) is 45.2 Å². The summed E-state index contributed by atoms with van der Waals surface area (Å²) in [5, 5.41) is 6.49. The number of halogens is 1. The Morgan fingerprint density at radius 3 is 3.17 bits per heavy atom. The highest BCUT2D eigenvalue weighted by molar-refractivity contribution is 7.17. The monoisotopic (exact) mass is 332 g/mol. The summed E-state index contributed by atoms with van der Waals surface area (Å²) in [6.45, 7) is 3.14. The Morgan fingerprint density at radius 1 is 1.39 bits per heavy atom. The van der Waals surface area contributed by atoms with Crippen molar-refractivity contribution >= 4 is 22.1 Å². The first-order chi connectivity index (χ1) is 11.2. The summed E-state index contributed by atoms with van der Waals surface area (Å²) in [6.07, 6.45) is 7.25. The predicted octanol–water partition coefficient (Wildman–Crippen LogP) is 2.13. The van der Waals surface area contributed by atoms with Crippen LogP contribution < -0.4 is 10.6 Å². The number of nitrogens with zero attached hydrogens (tertiary/aromatic N) is 4. The van der Waals surface area contributed by atoms with Crippen molar-refractivity contribution in [1.29, 1.82) is 0 Å². The van der Waals surface area contributed by atoms with Crippen LogP contribution in [0, 0.1) is 12.8 Å². The van der Waals surface area contributed by atoms with Crippen molar-refractivity contribution in [3.8, 4) is 11.4 Å². The molecular weight excluding hydrogens is 315 g/mol. The molecule has 1 fully saturated rings. The molecule has 3 aromatic heterocycles. The number of fused-ring (bicyclic) bond motifs is 1. The normalized spacial score (nSPS) is 21.1. The van der Waals surface area contributed by atoms with Gasteiger partial charge in [-0.05, 0) is 6.92 Å². The van der Waals surface area contributed by atoms with E-state index in [9.17, 15) is 4.39 Å². The first-order valence-electron chi connectivity index (χ1n) is 7.53. The first kappa shape index (κ1) is 14.5. The second-order valence-electron chi connectivity index (χ2n) is 5.75. The van der Waals surface area contributed by atoms with Crippen molar-refractivity contribution < 1.29 is 4.39 Å². The lowest BCUT2D eigenvalue weighted by Crippen LogP contribution is -2.29. The minimum absolute atomic E-state index is 0.0262. The minimum Gasteiger partial charge on any atom is -0.364 e. The van der Waals surface area contributed by atoms with Gasteiger partial charge in [-0.2, -0.15) is 0 Å². The lowest BCUT2D eigenvalue weighted by atomic mass is 10.1. The van der Waals surface area contributed by atoms with Gasteiger partial charge in [-0.3, -0.25) is 13.8 Å². The van der Waals surface area contributed by atoms with Crippen LogP contribution in [0.25, 0.3) is 16.3 Å². The van der Waals surface area contributed by atoms with Gasteiger partial charge in [-0.1, -0.05) is 0 Å². The Bertz CT molecular complexity index is 828. The fourth-order valence-electron chi connectivity index (χ4n) is 2.90. The van der Waals surface area contributed by atoms with Crippen molar-refractivity contribution in [2.24, 2.45) is 5.92 Å².